The minimum atomic E-state index is -0.523. The van der Waals surface area contributed by atoms with Crippen LogP contribution in [0, 0.1) is 6.92 Å². The largest absolute Gasteiger partial charge is 0.508 e. The van der Waals surface area contributed by atoms with Crippen molar-refractivity contribution in [3.05, 3.63) is 29.3 Å². The zero-order valence-electron chi connectivity index (χ0n) is 7.75. The molecule has 70 valence electrons. The minimum Gasteiger partial charge on any atom is -0.508 e. The van der Waals surface area contributed by atoms with Crippen molar-refractivity contribution >= 4 is 0 Å². The summed E-state index contributed by atoms with van der Waals surface area (Å²) in [5.74, 6) is 0.297. The third kappa shape index (κ3) is 1.83. The van der Waals surface area contributed by atoms with Gasteiger partial charge in [0.2, 0.25) is 0 Å². The summed E-state index contributed by atoms with van der Waals surface area (Å²) < 4.78 is 0. The Morgan fingerprint density at radius 1 is 1.38 bits per heavy atom. The molecule has 2 N–H and O–H groups in total. The highest BCUT2D eigenvalue weighted by molar-refractivity contribution is 5.37. The second-order valence-corrected chi connectivity index (χ2v) is 4.03. The van der Waals surface area contributed by atoms with E-state index < -0.39 is 5.60 Å². The molecule has 2 nitrogen and oxygen atoms in total. The van der Waals surface area contributed by atoms with Crippen LogP contribution in [0.25, 0.3) is 0 Å². The Balaban J connectivity index is 2.23. The SMILES string of the molecule is Cc1ccc(O)c(CC2(O)CC2)c1. The molecule has 1 aromatic carbocycles. The van der Waals surface area contributed by atoms with E-state index in [1.54, 1.807) is 6.07 Å². The number of phenolic OH excluding ortho intramolecular Hbond substituents is 1. The van der Waals surface area contributed by atoms with Gasteiger partial charge in [0, 0.05) is 6.42 Å². The Morgan fingerprint density at radius 3 is 2.69 bits per heavy atom. The number of phenols is 1. The van der Waals surface area contributed by atoms with Gasteiger partial charge in [-0.3, -0.25) is 0 Å². The molecule has 0 aromatic heterocycles. The second kappa shape index (κ2) is 2.74. The molecule has 1 saturated carbocycles. The van der Waals surface area contributed by atoms with Gasteiger partial charge in [-0.1, -0.05) is 17.7 Å². The summed E-state index contributed by atoms with van der Waals surface area (Å²) in [6.45, 7) is 1.99. The molecule has 0 radical (unpaired) electrons. The van der Waals surface area contributed by atoms with Crippen LogP contribution in [0.3, 0.4) is 0 Å². The summed E-state index contributed by atoms with van der Waals surface area (Å²) in [5, 5.41) is 19.2. The van der Waals surface area contributed by atoms with E-state index in [0.717, 1.165) is 24.0 Å². The second-order valence-electron chi connectivity index (χ2n) is 4.03. The predicted octanol–water partition coefficient (Wildman–Crippen LogP) is 1.77. The first-order valence-electron chi connectivity index (χ1n) is 4.60. The molecule has 0 atom stereocenters. The lowest BCUT2D eigenvalue weighted by Crippen LogP contribution is -2.10. The molecule has 0 heterocycles. The summed E-state index contributed by atoms with van der Waals surface area (Å²) in [6, 6.07) is 5.50. The van der Waals surface area contributed by atoms with Crippen LogP contribution >= 0.6 is 0 Å². The fourth-order valence-corrected chi connectivity index (χ4v) is 1.53. The van der Waals surface area contributed by atoms with E-state index in [1.807, 2.05) is 19.1 Å². The summed E-state index contributed by atoms with van der Waals surface area (Å²) in [4.78, 5) is 0. The van der Waals surface area contributed by atoms with E-state index in [9.17, 15) is 10.2 Å². The first-order chi connectivity index (χ1) is 6.09. The monoisotopic (exact) mass is 178 g/mol. The zero-order valence-corrected chi connectivity index (χ0v) is 7.75. The van der Waals surface area contributed by atoms with Gasteiger partial charge >= 0.3 is 0 Å². The summed E-state index contributed by atoms with van der Waals surface area (Å²) >= 11 is 0. The molecule has 1 aliphatic rings. The van der Waals surface area contributed by atoms with E-state index >= 15 is 0 Å². The van der Waals surface area contributed by atoms with Gasteiger partial charge in [-0.05, 0) is 31.4 Å². The van der Waals surface area contributed by atoms with Crippen LogP contribution in [0.1, 0.15) is 24.0 Å². The van der Waals surface area contributed by atoms with Gasteiger partial charge in [0.1, 0.15) is 5.75 Å². The third-order valence-electron chi connectivity index (χ3n) is 2.58. The van der Waals surface area contributed by atoms with E-state index in [0.29, 0.717) is 12.2 Å². The van der Waals surface area contributed by atoms with Crippen LogP contribution in [0.5, 0.6) is 5.75 Å². The molecule has 0 unspecified atom stereocenters. The van der Waals surface area contributed by atoms with Crippen molar-refractivity contribution in [1.82, 2.24) is 0 Å². The highest BCUT2D eigenvalue weighted by Gasteiger charge is 2.40. The lowest BCUT2D eigenvalue weighted by atomic mass is 10.0. The third-order valence-corrected chi connectivity index (χ3v) is 2.58. The van der Waals surface area contributed by atoms with Gasteiger partial charge in [-0.15, -0.1) is 0 Å². The zero-order chi connectivity index (χ0) is 9.47. The van der Waals surface area contributed by atoms with E-state index in [-0.39, 0.29) is 0 Å². The van der Waals surface area contributed by atoms with Gasteiger partial charge in [0.25, 0.3) is 0 Å². The highest BCUT2D eigenvalue weighted by Crippen LogP contribution is 2.39. The molecular formula is C11H14O2. The topological polar surface area (TPSA) is 40.5 Å². The van der Waals surface area contributed by atoms with E-state index in [4.69, 9.17) is 0 Å². The Kier molecular flexibility index (Phi) is 1.81. The number of benzene rings is 1. The lowest BCUT2D eigenvalue weighted by Gasteiger charge is -2.09. The Morgan fingerprint density at radius 2 is 2.08 bits per heavy atom. The van der Waals surface area contributed by atoms with Crippen molar-refractivity contribution in [2.75, 3.05) is 0 Å². The average molecular weight is 178 g/mol. The van der Waals surface area contributed by atoms with Crippen LogP contribution in [-0.2, 0) is 6.42 Å². The fraction of sp³-hybridized carbons (Fsp3) is 0.455. The van der Waals surface area contributed by atoms with Crippen LogP contribution in [0.15, 0.2) is 18.2 Å². The Hall–Kier alpha value is -1.02. The maximum Gasteiger partial charge on any atom is 0.118 e. The number of aryl methyl sites for hydroxylation is 1. The molecule has 0 amide bonds. The molecule has 1 aromatic rings. The number of rotatable bonds is 2. The summed E-state index contributed by atoms with van der Waals surface area (Å²) in [6.07, 6.45) is 2.31. The molecule has 2 heteroatoms. The minimum absolute atomic E-state index is 0.297. The standard InChI is InChI=1S/C11H14O2/c1-8-2-3-10(12)9(6-8)7-11(13)4-5-11/h2-3,6,12-13H,4-5,7H2,1H3. The van der Waals surface area contributed by atoms with Crippen LogP contribution in [0.4, 0.5) is 0 Å². The van der Waals surface area contributed by atoms with Gasteiger partial charge in [-0.2, -0.15) is 0 Å². The molecule has 13 heavy (non-hydrogen) atoms. The quantitative estimate of drug-likeness (QED) is 0.724. The first kappa shape index (κ1) is 8.57. The smallest absolute Gasteiger partial charge is 0.118 e. The summed E-state index contributed by atoms with van der Waals surface area (Å²) in [7, 11) is 0. The van der Waals surface area contributed by atoms with Crippen LogP contribution in [0.2, 0.25) is 0 Å². The van der Waals surface area contributed by atoms with E-state index in [1.165, 1.54) is 0 Å². The normalized spacial score (nSPS) is 18.6. The van der Waals surface area contributed by atoms with Crippen molar-refractivity contribution in [3.8, 4) is 5.75 Å². The highest BCUT2D eigenvalue weighted by atomic mass is 16.3. The Bertz CT molecular complexity index is 327. The van der Waals surface area contributed by atoms with Crippen molar-refractivity contribution in [2.24, 2.45) is 0 Å². The van der Waals surface area contributed by atoms with Gasteiger partial charge in [0.15, 0.2) is 0 Å². The van der Waals surface area contributed by atoms with Crippen molar-refractivity contribution in [2.45, 2.75) is 31.8 Å². The van der Waals surface area contributed by atoms with Gasteiger partial charge < -0.3 is 10.2 Å². The van der Waals surface area contributed by atoms with Crippen LogP contribution < -0.4 is 0 Å². The maximum absolute atomic E-state index is 9.69. The van der Waals surface area contributed by atoms with Crippen molar-refractivity contribution in [1.29, 1.82) is 0 Å². The van der Waals surface area contributed by atoms with E-state index in [2.05, 4.69) is 0 Å². The van der Waals surface area contributed by atoms with Crippen molar-refractivity contribution in [3.63, 3.8) is 0 Å². The molecule has 1 aliphatic carbocycles. The molecule has 1 fully saturated rings. The molecule has 2 rings (SSSR count). The fourth-order valence-electron chi connectivity index (χ4n) is 1.53. The summed E-state index contributed by atoms with van der Waals surface area (Å²) in [5.41, 5.74) is 1.46. The number of aliphatic hydroxyl groups is 1. The number of hydrogen-bond donors (Lipinski definition) is 2. The molecule has 0 saturated heterocycles. The molecule has 0 spiro atoms. The van der Waals surface area contributed by atoms with Gasteiger partial charge in [-0.25, -0.2) is 0 Å². The number of aromatic hydroxyl groups is 1. The first-order valence-corrected chi connectivity index (χ1v) is 4.60. The Labute approximate surface area is 77.8 Å². The molecular weight excluding hydrogens is 164 g/mol. The molecule has 0 aliphatic heterocycles. The van der Waals surface area contributed by atoms with Crippen LogP contribution in [-0.4, -0.2) is 15.8 Å². The number of hydrogen-bond acceptors (Lipinski definition) is 2. The average Bonchev–Trinajstić information content (AvgIpc) is 2.76. The molecule has 0 bridgehead atoms. The maximum atomic E-state index is 9.69. The van der Waals surface area contributed by atoms with Crippen molar-refractivity contribution < 1.29 is 10.2 Å². The predicted molar refractivity (Wildman–Crippen MR) is 50.7 cm³/mol. The van der Waals surface area contributed by atoms with Gasteiger partial charge in [0.05, 0.1) is 5.60 Å². The lowest BCUT2D eigenvalue weighted by molar-refractivity contribution is 0.150.